The van der Waals surface area contributed by atoms with Gasteiger partial charge >= 0.3 is 0 Å². The molecule has 0 saturated carbocycles. The third-order valence-electron chi connectivity index (χ3n) is 11.6. The first-order chi connectivity index (χ1) is 35.7. The molecule has 0 fully saturated rings. The Bertz CT molecular complexity index is 3310. The molecule has 9 heteroatoms. The highest BCUT2D eigenvalue weighted by molar-refractivity contribution is 7.99. The van der Waals surface area contributed by atoms with Gasteiger partial charge < -0.3 is 5.11 Å². The van der Waals surface area contributed by atoms with E-state index in [1.54, 1.807) is 59.9 Å². The second-order valence-electron chi connectivity index (χ2n) is 16.7. The van der Waals surface area contributed by atoms with Gasteiger partial charge in [-0.25, -0.2) is 8.78 Å². The number of benzene rings is 10. The number of hydrogen-bond donors (Lipinski definition) is 1. The number of ketones is 2. The predicted octanol–water partition coefficient (Wildman–Crippen LogP) is 16.4. The molecule has 0 amide bonds. The number of aliphatic hydroxyl groups excluding tert-OH is 1. The van der Waals surface area contributed by atoms with Crippen molar-refractivity contribution < 1.29 is 23.5 Å². The van der Waals surface area contributed by atoms with Gasteiger partial charge in [-0.1, -0.05) is 114 Å². The molecule has 10 aromatic carbocycles. The van der Waals surface area contributed by atoms with Gasteiger partial charge in [0.05, 0.1) is 28.4 Å². The second kappa shape index (κ2) is 24.5. The summed E-state index contributed by atoms with van der Waals surface area (Å²) in [5, 5.41) is 9.55. The van der Waals surface area contributed by atoms with Gasteiger partial charge in [0.25, 0.3) is 0 Å². The van der Waals surface area contributed by atoms with Crippen LogP contribution in [-0.4, -0.2) is 16.7 Å². The van der Waals surface area contributed by atoms with Crippen LogP contribution >= 0.6 is 23.5 Å². The lowest BCUT2D eigenvalue weighted by Gasteiger charge is -2.09. The van der Waals surface area contributed by atoms with E-state index in [4.69, 9.17) is 0 Å². The molecule has 73 heavy (non-hydrogen) atoms. The summed E-state index contributed by atoms with van der Waals surface area (Å²) < 4.78 is 27.1. The van der Waals surface area contributed by atoms with Crippen molar-refractivity contribution in [3.8, 4) is 0 Å². The SMILES string of the molecule is Cc1ccc(C(=O)c2ccc(Sc3ccc([S+](c4ccc(F)cc4)c4ccc(F)cc4)cc3)cc2)cc1.O=C(c1ccc(Sc2ccc([S+](c3ccccc3)c3ccccc3)cc2)cc1)c1ccccc1CO. The normalized spacial score (nSPS) is 11.0. The zero-order chi connectivity index (χ0) is 50.5. The van der Waals surface area contributed by atoms with Crippen LogP contribution in [0.25, 0.3) is 0 Å². The van der Waals surface area contributed by atoms with Crippen LogP contribution in [0.4, 0.5) is 8.78 Å². The summed E-state index contributed by atoms with van der Waals surface area (Å²) in [5.41, 5.74) is 4.27. The average Bonchev–Trinajstić information content (AvgIpc) is 3.44. The molecule has 0 aliphatic heterocycles. The van der Waals surface area contributed by atoms with Crippen molar-refractivity contribution in [3.05, 3.63) is 300 Å². The smallest absolute Gasteiger partial charge is 0.193 e. The lowest BCUT2D eigenvalue weighted by molar-refractivity contribution is 0.102. The van der Waals surface area contributed by atoms with Gasteiger partial charge in [0, 0.05) is 41.8 Å². The first kappa shape index (κ1) is 50.7. The molecule has 0 spiro atoms. The molecule has 0 bridgehead atoms. The molecule has 0 aliphatic rings. The Morgan fingerprint density at radius 1 is 0.370 bits per heavy atom. The van der Waals surface area contributed by atoms with E-state index >= 15 is 0 Å². The van der Waals surface area contributed by atoms with Crippen LogP contribution in [0.1, 0.15) is 43.0 Å². The minimum absolute atomic E-state index is 0.00882. The topological polar surface area (TPSA) is 54.4 Å². The van der Waals surface area contributed by atoms with Gasteiger partial charge in [-0.05, 0) is 182 Å². The van der Waals surface area contributed by atoms with E-state index in [0.29, 0.717) is 27.8 Å². The van der Waals surface area contributed by atoms with Gasteiger partial charge in [-0.2, -0.15) is 0 Å². The molecule has 1 N–H and O–H groups in total. The molecular formula is C64H48F2O3S4+2. The number of hydrogen-bond acceptors (Lipinski definition) is 5. The van der Waals surface area contributed by atoms with Gasteiger partial charge in [-0.3, -0.25) is 9.59 Å². The molecular weight excluding hydrogens is 983 g/mol. The fraction of sp³-hybridized carbons (Fsp3) is 0.0312. The van der Waals surface area contributed by atoms with E-state index < -0.39 is 10.9 Å². The Balaban J connectivity index is 0.000000180. The Kier molecular flexibility index (Phi) is 17.0. The maximum atomic E-state index is 13.6. The van der Waals surface area contributed by atoms with Crippen LogP contribution in [-0.2, 0) is 28.4 Å². The van der Waals surface area contributed by atoms with Crippen molar-refractivity contribution in [3.63, 3.8) is 0 Å². The summed E-state index contributed by atoms with van der Waals surface area (Å²) in [6, 6.07) is 81.3. The van der Waals surface area contributed by atoms with Crippen molar-refractivity contribution in [1.82, 2.24) is 0 Å². The molecule has 0 saturated heterocycles. The molecule has 0 heterocycles. The molecule has 0 atom stereocenters. The standard InChI is InChI=1S/C32H23F2OS2.C32H25O2S2/c1-22-2-4-23(5-3-22)32(35)24-6-12-27(13-7-24)36-28-14-20-31(21-15-28)37(29-16-8-25(33)9-17-29)30-18-10-26(34)11-19-30;33-23-25-9-7-8-14-31(25)32(34)24-15-17-26(18-16-24)35-27-19-21-30(22-20-27)36(28-10-3-1-4-11-28)29-12-5-2-6-13-29/h2-21H,1H3;1-22,33H,23H2/q2*+1. The summed E-state index contributed by atoms with van der Waals surface area (Å²) in [4.78, 5) is 36.8. The van der Waals surface area contributed by atoms with E-state index in [-0.39, 0.29) is 40.7 Å². The van der Waals surface area contributed by atoms with Crippen LogP contribution in [0.5, 0.6) is 0 Å². The number of carbonyl (C=O) groups is 2. The highest BCUT2D eigenvalue weighted by atomic mass is 32.2. The van der Waals surface area contributed by atoms with Crippen molar-refractivity contribution >= 4 is 56.9 Å². The Morgan fingerprint density at radius 3 is 1.05 bits per heavy atom. The largest absolute Gasteiger partial charge is 0.392 e. The first-order valence-corrected chi connectivity index (χ1v) is 27.5. The Labute approximate surface area is 439 Å². The summed E-state index contributed by atoms with van der Waals surface area (Å²) in [7, 11) is -0.658. The second-order valence-corrected chi connectivity index (χ2v) is 23.0. The minimum Gasteiger partial charge on any atom is -0.392 e. The van der Waals surface area contributed by atoms with Crippen LogP contribution in [0.15, 0.2) is 304 Å². The lowest BCUT2D eigenvalue weighted by atomic mass is 9.99. The van der Waals surface area contributed by atoms with E-state index in [9.17, 15) is 23.5 Å². The molecule has 0 aliphatic carbocycles. The maximum Gasteiger partial charge on any atom is 0.193 e. The maximum absolute atomic E-state index is 13.6. The predicted molar refractivity (Wildman–Crippen MR) is 294 cm³/mol. The molecule has 3 nitrogen and oxygen atoms in total. The number of aryl methyl sites for hydroxylation is 1. The third kappa shape index (κ3) is 13.1. The van der Waals surface area contributed by atoms with Crippen LogP contribution < -0.4 is 0 Å². The summed E-state index contributed by atoms with van der Waals surface area (Å²) >= 11 is 3.29. The Hall–Kier alpha value is -7.24. The van der Waals surface area contributed by atoms with Crippen LogP contribution in [0.3, 0.4) is 0 Å². The van der Waals surface area contributed by atoms with Gasteiger partial charge in [0.1, 0.15) is 11.6 Å². The molecule has 0 aromatic heterocycles. The van der Waals surface area contributed by atoms with Crippen molar-refractivity contribution in [2.45, 2.75) is 62.5 Å². The van der Waals surface area contributed by atoms with Gasteiger partial charge in [0.2, 0.25) is 0 Å². The van der Waals surface area contributed by atoms with E-state index in [0.717, 1.165) is 39.8 Å². The third-order valence-corrected chi connectivity index (χ3v) is 18.1. The van der Waals surface area contributed by atoms with Crippen LogP contribution in [0.2, 0.25) is 0 Å². The van der Waals surface area contributed by atoms with Gasteiger partial charge in [0.15, 0.2) is 40.9 Å². The first-order valence-electron chi connectivity index (χ1n) is 23.4. The highest BCUT2D eigenvalue weighted by Crippen LogP contribution is 2.36. The minimum atomic E-state index is -0.494. The lowest BCUT2D eigenvalue weighted by Crippen LogP contribution is -2.05. The number of aliphatic hydroxyl groups is 1. The number of halogens is 2. The monoisotopic (exact) mass is 1030 g/mol. The molecule has 10 rings (SSSR count). The highest BCUT2D eigenvalue weighted by Gasteiger charge is 2.30. The van der Waals surface area contributed by atoms with E-state index in [1.807, 2.05) is 91.9 Å². The summed E-state index contributed by atoms with van der Waals surface area (Å²) in [6.07, 6.45) is 0. The fourth-order valence-electron chi connectivity index (χ4n) is 7.89. The Morgan fingerprint density at radius 2 is 0.671 bits per heavy atom. The fourth-order valence-corrected chi connectivity index (χ4v) is 13.6. The quantitative estimate of drug-likeness (QED) is 0.0819. The summed E-state index contributed by atoms with van der Waals surface area (Å²) in [5.74, 6) is -0.640. The van der Waals surface area contributed by atoms with Crippen molar-refractivity contribution in [2.75, 3.05) is 0 Å². The number of rotatable bonds is 15. The molecule has 0 unspecified atom stereocenters. The molecule has 0 radical (unpaired) electrons. The van der Waals surface area contributed by atoms with E-state index in [2.05, 4.69) is 109 Å². The zero-order valence-corrected chi connectivity index (χ0v) is 42.9. The van der Waals surface area contributed by atoms with E-state index in [1.165, 1.54) is 39.0 Å². The van der Waals surface area contributed by atoms with Crippen molar-refractivity contribution in [1.29, 1.82) is 0 Å². The number of carbonyl (C=O) groups excluding carboxylic acids is 2. The zero-order valence-electron chi connectivity index (χ0n) is 39.6. The van der Waals surface area contributed by atoms with Crippen molar-refractivity contribution in [2.24, 2.45) is 0 Å². The summed E-state index contributed by atoms with van der Waals surface area (Å²) in [6.45, 7) is 1.85. The molecule has 358 valence electrons. The molecule has 10 aromatic rings. The van der Waals surface area contributed by atoms with Crippen LogP contribution in [0, 0.1) is 18.6 Å². The van der Waals surface area contributed by atoms with Gasteiger partial charge in [-0.15, -0.1) is 0 Å². The average molecular weight is 1030 g/mol.